The molecule has 0 spiro atoms. The van der Waals surface area contributed by atoms with E-state index >= 15 is 0 Å². The lowest BCUT2D eigenvalue weighted by Crippen LogP contribution is -2.35. The molecular formula is C34H64N4+2. The number of unbranched alkanes of at least 4 members (excludes halogenated alkanes) is 17. The van der Waals surface area contributed by atoms with Crippen molar-refractivity contribution in [3.63, 3.8) is 0 Å². The summed E-state index contributed by atoms with van der Waals surface area (Å²) >= 11 is 0. The molecule has 0 bridgehead atoms. The van der Waals surface area contributed by atoms with Crippen molar-refractivity contribution >= 4 is 0 Å². The Bertz CT molecular complexity index is 750. The zero-order valence-corrected chi connectivity index (χ0v) is 26.1. The molecule has 4 nitrogen and oxygen atoms in total. The maximum atomic E-state index is 2.47. The van der Waals surface area contributed by atoms with Crippen LogP contribution in [0.3, 0.4) is 0 Å². The van der Waals surface area contributed by atoms with Gasteiger partial charge in [-0.3, -0.25) is 0 Å². The topological polar surface area (TPSA) is 17.6 Å². The molecule has 0 atom stereocenters. The highest BCUT2D eigenvalue weighted by molar-refractivity contribution is 4.80. The lowest BCUT2D eigenvalue weighted by Gasteiger charge is -2.04. The average molecular weight is 529 g/mol. The molecule has 0 N–H and O–H groups in total. The molecule has 2 rings (SSSR count). The molecule has 4 heteroatoms. The Kier molecular flexibility index (Phi) is 18.3. The quantitative estimate of drug-likeness (QED) is 0.0903. The molecular weight excluding hydrogens is 464 g/mol. The summed E-state index contributed by atoms with van der Waals surface area (Å²) in [5.41, 5.74) is 0. The molecule has 0 aromatic carbocycles. The molecule has 0 aliphatic rings. The predicted octanol–water partition coefficient (Wildman–Crippen LogP) is 9.02. The van der Waals surface area contributed by atoms with E-state index in [4.69, 9.17) is 0 Å². The molecule has 0 fully saturated rings. The van der Waals surface area contributed by atoms with Crippen molar-refractivity contribution in [1.29, 1.82) is 0 Å². The van der Waals surface area contributed by atoms with Gasteiger partial charge in [0.25, 0.3) is 11.6 Å². The zero-order valence-electron chi connectivity index (χ0n) is 26.1. The lowest BCUT2D eigenvalue weighted by atomic mass is 10.1. The maximum Gasteiger partial charge on any atom is 0.253 e. The molecule has 218 valence electrons. The first-order chi connectivity index (χ1) is 18.7. The Hall–Kier alpha value is -1.58. The summed E-state index contributed by atoms with van der Waals surface area (Å²) in [6.45, 7) is 13.9. The smallest absolute Gasteiger partial charge is 0.234 e. The summed E-state index contributed by atoms with van der Waals surface area (Å²) < 4.78 is 9.87. The monoisotopic (exact) mass is 529 g/mol. The fourth-order valence-electron chi connectivity index (χ4n) is 5.78. The van der Waals surface area contributed by atoms with Gasteiger partial charge in [0.2, 0.25) is 0 Å². The number of nitrogens with zero attached hydrogens (tertiary/aromatic N) is 4. The van der Waals surface area contributed by atoms with Gasteiger partial charge in [0.1, 0.15) is 24.8 Å². The van der Waals surface area contributed by atoms with E-state index < -0.39 is 0 Å². The van der Waals surface area contributed by atoms with Gasteiger partial charge in [0.15, 0.2) is 0 Å². The first-order valence-corrected chi connectivity index (χ1v) is 16.8. The highest BCUT2D eigenvalue weighted by Crippen LogP contribution is 2.11. The van der Waals surface area contributed by atoms with Crippen LogP contribution in [0.2, 0.25) is 0 Å². The Labute approximate surface area is 236 Å². The molecule has 38 heavy (non-hydrogen) atoms. The fraction of sp³-hybridized carbons (Fsp3) is 0.824. The molecule has 0 saturated carbocycles. The van der Waals surface area contributed by atoms with Crippen LogP contribution in [0.4, 0.5) is 0 Å². The van der Waals surface area contributed by atoms with E-state index in [1.807, 2.05) is 0 Å². The number of rotatable bonds is 25. The SMILES string of the molecule is CCCCCCCCCC[n+]1ccn(CCCCCCn2cc[n+](CCCCCCCCCC)c2C)c1C. The maximum absolute atomic E-state index is 2.47. The van der Waals surface area contributed by atoms with E-state index in [1.54, 1.807) is 0 Å². The standard InChI is InChI=1S/C34H64N4/c1-5-7-9-11-13-15-17-21-25-35-29-31-37(33(35)3)27-23-19-20-24-28-38-32-30-36(34(38)4)26-22-18-16-14-12-10-8-6-2/h29-32H,5-28H2,1-4H3/q+2. The second kappa shape index (κ2) is 21.3. The van der Waals surface area contributed by atoms with Crippen LogP contribution in [0.25, 0.3) is 0 Å². The molecule has 0 amide bonds. The number of hydrogen-bond acceptors (Lipinski definition) is 0. The van der Waals surface area contributed by atoms with Crippen LogP contribution in [-0.4, -0.2) is 9.13 Å². The number of aryl methyl sites for hydroxylation is 4. The second-order valence-corrected chi connectivity index (χ2v) is 11.8. The minimum atomic E-state index is 1.16. The Balaban J connectivity index is 1.51. The van der Waals surface area contributed by atoms with E-state index in [2.05, 4.69) is 70.8 Å². The first-order valence-electron chi connectivity index (χ1n) is 16.8. The minimum absolute atomic E-state index is 1.16. The van der Waals surface area contributed by atoms with E-state index in [0.29, 0.717) is 0 Å². The lowest BCUT2D eigenvalue weighted by molar-refractivity contribution is -0.703. The summed E-state index contributed by atoms with van der Waals surface area (Å²) in [6.07, 6.45) is 36.7. The van der Waals surface area contributed by atoms with Crippen LogP contribution < -0.4 is 9.13 Å². The molecule has 0 aliphatic carbocycles. The van der Waals surface area contributed by atoms with Crippen molar-refractivity contribution in [2.24, 2.45) is 0 Å². The van der Waals surface area contributed by atoms with Crippen LogP contribution in [0.5, 0.6) is 0 Å². The van der Waals surface area contributed by atoms with Crippen molar-refractivity contribution in [1.82, 2.24) is 9.13 Å². The van der Waals surface area contributed by atoms with Gasteiger partial charge < -0.3 is 0 Å². The van der Waals surface area contributed by atoms with Crippen molar-refractivity contribution in [3.05, 3.63) is 36.4 Å². The van der Waals surface area contributed by atoms with Gasteiger partial charge in [-0.05, 0) is 51.4 Å². The van der Waals surface area contributed by atoms with Crippen LogP contribution in [0.15, 0.2) is 24.8 Å². The fourth-order valence-corrected chi connectivity index (χ4v) is 5.78. The Morgan fingerprint density at radius 3 is 1.13 bits per heavy atom. The largest absolute Gasteiger partial charge is 0.253 e. The highest BCUT2D eigenvalue weighted by Gasteiger charge is 2.13. The van der Waals surface area contributed by atoms with Gasteiger partial charge in [0, 0.05) is 13.8 Å². The Morgan fingerprint density at radius 2 is 0.763 bits per heavy atom. The van der Waals surface area contributed by atoms with Crippen LogP contribution in [0.1, 0.15) is 154 Å². The summed E-state index contributed by atoms with van der Waals surface area (Å²) in [7, 11) is 0. The van der Waals surface area contributed by atoms with Gasteiger partial charge in [0.05, 0.1) is 26.2 Å². The molecule has 2 aromatic rings. The molecule has 0 aliphatic heterocycles. The van der Waals surface area contributed by atoms with Gasteiger partial charge >= 0.3 is 0 Å². The third-order valence-electron chi connectivity index (χ3n) is 8.57. The zero-order chi connectivity index (χ0) is 27.3. The van der Waals surface area contributed by atoms with Gasteiger partial charge in [-0.15, -0.1) is 0 Å². The van der Waals surface area contributed by atoms with Crippen LogP contribution >= 0.6 is 0 Å². The third-order valence-corrected chi connectivity index (χ3v) is 8.57. The Morgan fingerprint density at radius 1 is 0.447 bits per heavy atom. The van der Waals surface area contributed by atoms with E-state index in [9.17, 15) is 0 Å². The van der Waals surface area contributed by atoms with E-state index in [1.165, 1.54) is 153 Å². The van der Waals surface area contributed by atoms with Gasteiger partial charge in [-0.25, -0.2) is 18.3 Å². The predicted molar refractivity (Wildman–Crippen MR) is 162 cm³/mol. The normalized spacial score (nSPS) is 11.6. The minimum Gasteiger partial charge on any atom is -0.234 e. The van der Waals surface area contributed by atoms with Crippen molar-refractivity contribution in [3.8, 4) is 0 Å². The van der Waals surface area contributed by atoms with Gasteiger partial charge in [-0.2, -0.15) is 0 Å². The first kappa shape index (κ1) is 32.6. The average Bonchev–Trinajstić information content (AvgIpc) is 3.45. The molecule has 0 unspecified atom stereocenters. The van der Waals surface area contributed by atoms with E-state index in [-0.39, 0.29) is 0 Å². The summed E-state index contributed by atoms with van der Waals surface area (Å²) in [5, 5.41) is 0. The summed E-state index contributed by atoms with van der Waals surface area (Å²) in [5.74, 6) is 2.86. The third kappa shape index (κ3) is 13.5. The number of hydrogen-bond donors (Lipinski definition) is 0. The number of imidazole rings is 2. The van der Waals surface area contributed by atoms with E-state index in [0.717, 1.165) is 13.1 Å². The van der Waals surface area contributed by atoms with Crippen LogP contribution in [0, 0.1) is 13.8 Å². The summed E-state index contributed by atoms with van der Waals surface area (Å²) in [6, 6.07) is 0. The summed E-state index contributed by atoms with van der Waals surface area (Å²) in [4.78, 5) is 0. The van der Waals surface area contributed by atoms with Crippen molar-refractivity contribution < 1.29 is 9.13 Å². The molecule has 2 heterocycles. The number of aromatic nitrogens is 4. The van der Waals surface area contributed by atoms with Gasteiger partial charge in [-0.1, -0.05) is 90.9 Å². The van der Waals surface area contributed by atoms with Crippen LogP contribution in [-0.2, 0) is 26.2 Å². The molecule has 2 aromatic heterocycles. The molecule has 0 radical (unpaired) electrons. The highest BCUT2D eigenvalue weighted by atomic mass is 15.1. The van der Waals surface area contributed by atoms with Crippen molar-refractivity contribution in [2.75, 3.05) is 0 Å². The second-order valence-electron chi connectivity index (χ2n) is 11.8. The molecule has 0 saturated heterocycles. The van der Waals surface area contributed by atoms with Crippen molar-refractivity contribution in [2.45, 2.75) is 182 Å².